The predicted molar refractivity (Wildman–Crippen MR) is 99.0 cm³/mol. The molecule has 148 valence electrons. The third kappa shape index (κ3) is 5.27. The van der Waals surface area contributed by atoms with Gasteiger partial charge < -0.3 is 21.6 Å². The van der Waals surface area contributed by atoms with Crippen LogP contribution < -0.4 is 11.5 Å². The van der Waals surface area contributed by atoms with Crippen molar-refractivity contribution in [1.29, 1.82) is 0 Å². The Morgan fingerprint density at radius 3 is 2.21 bits per heavy atom. The summed E-state index contributed by atoms with van der Waals surface area (Å²) < 4.78 is 31.7. The second-order valence-electron chi connectivity index (χ2n) is 5.50. The van der Waals surface area contributed by atoms with Gasteiger partial charge in [0.1, 0.15) is 5.69 Å². The maximum atomic E-state index is 11.7. The SMILES string of the molecule is NCc1ccc2c(Sc3ccccc3)c(C(N)=O)[nH]c2c1.O=C(O)C(F)(F)F. The Hall–Kier alpha value is -2.98. The standard InChI is InChI=1S/C16H15N3OS.C2HF3O2/c17-9-10-6-7-12-13(8-10)19-14(16(18)20)15(12)21-11-4-2-1-3-5-11;3-2(4,5)1(6)7/h1-8,19H,9,17H2,(H2,18,20);(H,6,7). The molecule has 0 atom stereocenters. The van der Waals surface area contributed by atoms with Crippen molar-refractivity contribution in [2.24, 2.45) is 11.5 Å². The Morgan fingerprint density at radius 2 is 1.71 bits per heavy atom. The van der Waals surface area contributed by atoms with Gasteiger partial charge in [0.15, 0.2) is 0 Å². The minimum Gasteiger partial charge on any atom is -0.475 e. The number of aromatic amines is 1. The van der Waals surface area contributed by atoms with Crippen molar-refractivity contribution in [2.75, 3.05) is 0 Å². The first-order valence-corrected chi connectivity index (χ1v) is 8.62. The van der Waals surface area contributed by atoms with E-state index in [1.165, 1.54) is 11.8 Å². The third-order valence-corrected chi connectivity index (χ3v) is 4.64. The van der Waals surface area contributed by atoms with E-state index in [2.05, 4.69) is 4.98 Å². The van der Waals surface area contributed by atoms with Gasteiger partial charge >= 0.3 is 12.1 Å². The number of amides is 1. The molecule has 10 heteroatoms. The van der Waals surface area contributed by atoms with E-state index in [1.54, 1.807) is 0 Å². The lowest BCUT2D eigenvalue weighted by atomic mass is 10.1. The number of halogens is 3. The second kappa shape index (κ2) is 8.81. The average Bonchev–Trinajstić information content (AvgIpc) is 3.00. The van der Waals surface area contributed by atoms with Crippen molar-refractivity contribution in [1.82, 2.24) is 4.98 Å². The Morgan fingerprint density at radius 1 is 1.11 bits per heavy atom. The highest BCUT2D eigenvalue weighted by Crippen LogP contribution is 2.36. The molecule has 2 aromatic carbocycles. The Kier molecular flexibility index (Phi) is 6.71. The molecule has 0 bridgehead atoms. The van der Waals surface area contributed by atoms with Gasteiger partial charge in [-0.1, -0.05) is 42.1 Å². The van der Waals surface area contributed by atoms with Crippen LogP contribution in [0.3, 0.4) is 0 Å². The maximum Gasteiger partial charge on any atom is 0.490 e. The van der Waals surface area contributed by atoms with Crippen LogP contribution in [0.5, 0.6) is 0 Å². The Bertz CT molecular complexity index is 988. The number of benzene rings is 2. The molecular formula is C18H16F3N3O3S. The second-order valence-corrected chi connectivity index (χ2v) is 6.58. The van der Waals surface area contributed by atoms with Crippen LogP contribution in [0.25, 0.3) is 10.9 Å². The van der Waals surface area contributed by atoms with E-state index < -0.39 is 18.1 Å². The smallest absolute Gasteiger partial charge is 0.475 e. The van der Waals surface area contributed by atoms with Crippen LogP contribution in [0.4, 0.5) is 13.2 Å². The lowest BCUT2D eigenvalue weighted by Gasteiger charge is -2.02. The predicted octanol–water partition coefficient (Wildman–Crippen LogP) is 3.51. The average molecular weight is 411 g/mol. The Labute approximate surface area is 161 Å². The lowest BCUT2D eigenvalue weighted by Crippen LogP contribution is -2.21. The maximum absolute atomic E-state index is 11.7. The van der Waals surface area contributed by atoms with Gasteiger partial charge in [0.2, 0.25) is 0 Å². The number of nitrogens with two attached hydrogens (primary N) is 2. The molecule has 0 saturated carbocycles. The fraction of sp³-hybridized carbons (Fsp3) is 0.111. The van der Waals surface area contributed by atoms with Gasteiger partial charge in [0, 0.05) is 22.3 Å². The van der Waals surface area contributed by atoms with E-state index in [4.69, 9.17) is 21.4 Å². The van der Waals surface area contributed by atoms with E-state index in [-0.39, 0.29) is 0 Å². The van der Waals surface area contributed by atoms with Crippen molar-refractivity contribution in [3.05, 3.63) is 59.8 Å². The number of hydrogen-bond donors (Lipinski definition) is 4. The lowest BCUT2D eigenvalue weighted by molar-refractivity contribution is -0.192. The molecule has 0 saturated heterocycles. The summed E-state index contributed by atoms with van der Waals surface area (Å²) >= 11 is 1.53. The first-order chi connectivity index (χ1) is 13.1. The monoisotopic (exact) mass is 411 g/mol. The molecule has 0 radical (unpaired) electrons. The summed E-state index contributed by atoms with van der Waals surface area (Å²) in [6, 6.07) is 15.8. The molecule has 0 fully saturated rings. The number of nitrogens with one attached hydrogen (secondary N) is 1. The first kappa shape index (κ1) is 21.3. The first-order valence-electron chi connectivity index (χ1n) is 7.81. The molecule has 0 aliphatic heterocycles. The van der Waals surface area contributed by atoms with Crippen molar-refractivity contribution in [3.8, 4) is 0 Å². The number of hydrogen-bond acceptors (Lipinski definition) is 4. The highest BCUT2D eigenvalue weighted by Gasteiger charge is 2.38. The molecule has 1 heterocycles. The van der Waals surface area contributed by atoms with Crippen molar-refractivity contribution in [3.63, 3.8) is 0 Å². The van der Waals surface area contributed by atoms with Crippen LogP contribution in [0.2, 0.25) is 0 Å². The topological polar surface area (TPSA) is 122 Å². The molecule has 0 aliphatic carbocycles. The summed E-state index contributed by atoms with van der Waals surface area (Å²) in [7, 11) is 0. The summed E-state index contributed by atoms with van der Waals surface area (Å²) in [6.45, 7) is 0.460. The fourth-order valence-corrected chi connectivity index (χ4v) is 3.30. The van der Waals surface area contributed by atoms with E-state index in [0.717, 1.165) is 26.3 Å². The van der Waals surface area contributed by atoms with E-state index in [0.29, 0.717) is 12.2 Å². The molecule has 6 N–H and O–H groups in total. The minimum absolute atomic E-state index is 0.438. The fourth-order valence-electron chi connectivity index (χ4n) is 2.23. The zero-order valence-corrected chi connectivity index (χ0v) is 15.1. The van der Waals surface area contributed by atoms with Gasteiger partial charge in [0.05, 0.1) is 4.90 Å². The number of carboxylic acids is 1. The molecule has 3 rings (SSSR count). The van der Waals surface area contributed by atoms with E-state index in [1.807, 2.05) is 48.5 Å². The molecule has 1 aromatic heterocycles. The number of aromatic nitrogens is 1. The summed E-state index contributed by atoms with van der Waals surface area (Å²) in [5.74, 6) is -3.22. The number of carbonyl (C=O) groups is 2. The summed E-state index contributed by atoms with van der Waals surface area (Å²) in [4.78, 5) is 25.6. The van der Waals surface area contributed by atoms with E-state index in [9.17, 15) is 18.0 Å². The number of primary amides is 1. The number of rotatable bonds is 4. The summed E-state index contributed by atoms with van der Waals surface area (Å²) in [5.41, 5.74) is 13.5. The van der Waals surface area contributed by atoms with Gasteiger partial charge in [-0.25, -0.2) is 4.79 Å². The number of carboxylic acid groups (broad SMARTS) is 1. The number of fused-ring (bicyclic) bond motifs is 1. The van der Waals surface area contributed by atoms with Crippen LogP contribution in [0, 0.1) is 0 Å². The normalized spacial score (nSPS) is 11.0. The van der Waals surface area contributed by atoms with Gasteiger partial charge in [-0.3, -0.25) is 4.79 Å². The molecule has 6 nitrogen and oxygen atoms in total. The molecule has 1 amide bonds. The quantitative estimate of drug-likeness (QED) is 0.523. The zero-order valence-electron chi connectivity index (χ0n) is 14.3. The van der Waals surface area contributed by atoms with Crippen molar-refractivity contribution >= 4 is 34.5 Å². The summed E-state index contributed by atoms with van der Waals surface area (Å²) in [6.07, 6.45) is -5.08. The van der Waals surface area contributed by atoms with Crippen LogP contribution in [0.15, 0.2) is 58.3 Å². The van der Waals surface area contributed by atoms with E-state index >= 15 is 0 Å². The molecule has 0 unspecified atom stereocenters. The highest BCUT2D eigenvalue weighted by atomic mass is 32.2. The number of carbonyl (C=O) groups excluding carboxylic acids is 1. The highest BCUT2D eigenvalue weighted by molar-refractivity contribution is 7.99. The Balaban J connectivity index is 0.000000345. The van der Waals surface area contributed by atoms with Crippen LogP contribution in [0.1, 0.15) is 16.1 Å². The van der Waals surface area contributed by atoms with Crippen molar-refractivity contribution < 1.29 is 27.9 Å². The largest absolute Gasteiger partial charge is 0.490 e. The van der Waals surface area contributed by atoms with Crippen LogP contribution >= 0.6 is 11.8 Å². The van der Waals surface area contributed by atoms with Crippen LogP contribution in [-0.2, 0) is 11.3 Å². The minimum atomic E-state index is -5.08. The summed E-state index contributed by atoms with van der Waals surface area (Å²) in [5, 5.41) is 8.11. The zero-order chi connectivity index (χ0) is 20.9. The third-order valence-electron chi connectivity index (χ3n) is 3.50. The van der Waals surface area contributed by atoms with Gasteiger partial charge in [-0.15, -0.1) is 0 Å². The van der Waals surface area contributed by atoms with Crippen LogP contribution in [-0.4, -0.2) is 28.1 Å². The molecular weight excluding hydrogens is 395 g/mol. The molecule has 0 spiro atoms. The molecule has 28 heavy (non-hydrogen) atoms. The van der Waals surface area contributed by atoms with Gasteiger partial charge in [0.25, 0.3) is 5.91 Å². The van der Waals surface area contributed by atoms with Gasteiger partial charge in [-0.05, 0) is 23.8 Å². The van der Waals surface area contributed by atoms with Crippen molar-refractivity contribution in [2.45, 2.75) is 22.5 Å². The number of aliphatic carboxylic acids is 1. The molecule has 0 aliphatic rings. The number of alkyl halides is 3. The molecule has 3 aromatic rings. The number of H-pyrrole nitrogens is 1. The van der Waals surface area contributed by atoms with Gasteiger partial charge in [-0.2, -0.15) is 13.2 Å².